The lowest BCUT2D eigenvalue weighted by atomic mass is 10.0. The molecule has 0 radical (unpaired) electrons. The van der Waals surface area contributed by atoms with Crippen molar-refractivity contribution in [2.45, 2.75) is 6.61 Å². The van der Waals surface area contributed by atoms with Crippen LogP contribution in [0.15, 0.2) is 132 Å². The van der Waals surface area contributed by atoms with Crippen LogP contribution in [0.1, 0.15) is 15.9 Å². The summed E-state index contributed by atoms with van der Waals surface area (Å²) in [5.74, 6) is 0.892. The van der Waals surface area contributed by atoms with Gasteiger partial charge in [-0.05, 0) is 83.5 Å². The first-order valence-electron chi connectivity index (χ1n) is 13.1. The second-order valence-electron chi connectivity index (χ2n) is 9.35. The van der Waals surface area contributed by atoms with E-state index in [1.165, 1.54) is 0 Å². The summed E-state index contributed by atoms with van der Waals surface area (Å²) < 4.78 is 11.8. The molecule has 7 heteroatoms. The summed E-state index contributed by atoms with van der Waals surface area (Å²) in [6.45, 7) is 0.457. The van der Waals surface area contributed by atoms with Crippen LogP contribution in [-0.4, -0.2) is 16.0 Å². The highest BCUT2D eigenvalue weighted by molar-refractivity contribution is 7.80. The largest absolute Gasteiger partial charge is 0.489 e. The van der Waals surface area contributed by atoms with Crippen molar-refractivity contribution in [2.75, 3.05) is 5.32 Å². The standard InChI is InChI=1S/C34H25N3O3S/c38-32(26-15-18-29(19-16-26)39-22-23-7-3-1-4-8-23)37-34(41)35-28-17-20-31-30(21-28)36-33(40-31)27-13-11-25(12-14-27)24-9-5-2-6-10-24/h1-21H,22H2,(H2,35,37,38,41). The first kappa shape index (κ1) is 26.0. The molecule has 1 heterocycles. The van der Waals surface area contributed by atoms with E-state index >= 15 is 0 Å². The van der Waals surface area contributed by atoms with Gasteiger partial charge in [0.2, 0.25) is 5.89 Å². The predicted molar refractivity (Wildman–Crippen MR) is 166 cm³/mol. The fourth-order valence-electron chi connectivity index (χ4n) is 4.35. The molecule has 6 nitrogen and oxygen atoms in total. The van der Waals surface area contributed by atoms with Gasteiger partial charge in [0, 0.05) is 16.8 Å². The van der Waals surface area contributed by atoms with Crippen LogP contribution in [0.4, 0.5) is 5.69 Å². The van der Waals surface area contributed by atoms with Crippen LogP contribution in [0.25, 0.3) is 33.7 Å². The highest BCUT2D eigenvalue weighted by Gasteiger charge is 2.12. The van der Waals surface area contributed by atoms with E-state index in [9.17, 15) is 4.79 Å². The zero-order chi connectivity index (χ0) is 28.0. The Morgan fingerprint density at radius 3 is 2.15 bits per heavy atom. The van der Waals surface area contributed by atoms with Gasteiger partial charge in [0.25, 0.3) is 5.91 Å². The smallest absolute Gasteiger partial charge is 0.257 e. The lowest BCUT2D eigenvalue weighted by molar-refractivity contribution is 0.0977. The van der Waals surface area contributed by atoms with Gasteiger partial charge in [-0.1, -0.05) is 72.8 Å². The van der Waals surface area contributed by atoms with Crippen LogP contribution in [-0.2, 0) is 6.61 Å². The molecule has 2 N–H and O–H groups in total. The van der Waals surface area contributed by atoms with Crippen LogP contribution >= 0.6 is 12.2 Å². The summed E-state index contributed by atoms with van der Waals surface area (Å²) in [5, 5.41) is 5.95. The summed E-state index contributed by atoms with van der Waals surface area (Å²) in [6.07, 6.45) is 0. The summed E-state index contributed by atoms with van der Waals surface area (Å²) >= 11 is 5.38. The zero-order valence-electron chi connectivity index (χ0n) is 21.9. The molecule has 0 aliphatic heterocycles. The molecule has 0 aliphatic rings. The molecule has 1 aromatic heterocycles. The lowest BCUT2D eigenvalue weighted by Crippen LogP contribution is -2.34. The number of carbonyl (C=O) groups is 1. The molecule has 6 aromatic rings. The van der Waals surface area contributed by atoms with Crippen LogP contribution in [0.3, 0.4) is 0 Å². The van der Waals surface area contributed by atoms with Gasteiger partial charge in [-0.3, -0.25) is 10.1 Å². The summed E-state index contributed by atoms with van der Waals surface area (Å²) in [7, 11) is 0. The van der Waals surface area contributed by atoms with Crippen molar-refractivity contribution in [2.24, 2.45) is 0 Å². The summed E-state index contributed by atoms with van der Waals surface area (Å²) in [5.41, 5.74) is 6.72. The third-order valence-electron chi connectivity index (χ3n) is 6.48. The monoisotopic (exact) mass is 555 g/mol. The number of aromatic nitrogens is 1. The van der Waals surface area contributed by atoms with E-state index in [0.717, 1.165) is 22.3 Å². The van der Waals surface area contributed by atoms with Crippen LogP contribution in [0.2, 0.25) is 0 Å². The van der Waals surface area contributed by atoms with Gasteiger partial charge in [0.05, 0.1) is 0 Å². The molecule has 0 aliphatic carbocycles. The van der Waals surface area contributed by atoms with Crippen molar-refractivity contribution in [1.29, 1.82) is 0 Å². The third kappa shape index (κ3) is 6.32. The number of carbonyl (C=O) groups excluding carboxylic acids is 1. The molecule has 0 spiro atoms. The van der Waals surface area contributed by atoms with E-state index in [2.05, 4.69) is 39.9 Å². The SMILES string of the molecule is O=C(NC(=S)Nc1ccc2oc(-c3ccc(-c4ccccc4)cc3)nc2c1)c1ccc(OCc2ccccc2)cc1. The minimum atomic E-state index is -0.319. The number of ether oxygens (including phenoxy) is 1. The van der Waals surface area contributed by atoms with Crippen molar-refractivity contribution in [3.8, 4) is 28.3 Å². The summed E-state index contributed by atoms with van der Waals surface area (Å²) in [6, 6.07) is 40.6. The second kappa shape index (κ2) is 11.9. The van der Waals surface area contributed by atoms with E-state index in [1.807, 2.05) is 78.9 Å². The number of fused-ring (bicyclic) bond motifs is 1. The van der Waals surface area contributed by atoms with E-state index in [-0.39, 0.29) is 11.0 Å². The predicted octanol–water partition coefficient (Wildman–Crippen LogP) is 7.87. The highest BCUT2D eigenvalue weighted by Crippen LogP contribution is 2.28. The maximum absolute atomic E-state index is 12.7. The molecular formula is C34H25N3O3S. The van der Waals surface area contributed by atoms with E-state index in [0.29, 0.717) is 40.6 Å². The molecule has 6 rings (SSSR count). The number of oxazole rings is 1. The molecule has 41 heavy (non-hydrogen) atoms. The van der Waals surface area contributed by atoms with Gasteiger partial charge in [0.1, 0.15) is 17.9 Å². The number of nitrogens with zero attached hydrogens (tertiary/aromatic N) is 1. The molecule has 0 bridgehead atoms. The van der Waals surface area contributed by atoms with Gasteiger partial charge in [-0.15, -0.1) is 0 Å². The summed E-state index contributed by atoms with van der Waals surface area (Å²) in [4.78, 5) is 17.4. The fraction of sp³-hybridized carbons (Fsp3) is 0.0294. The van der Waals surface area contributed by atoms with E-state index in [4.69, 9.17) is 21.4 Å². The molecule has 0 fully saturated rings. The van der Waals surface area contributed by atoms with E-state index in [1.54, 1.807) is 24.3 Å². The Bertz CT molecular complexity index is 1800. The fourth-order valence-corrected chi connectivity index (χ4v) is 4.56. The van der Waals surface area contributed by atoms with Crippen LogP contribution in [0, 0.1) is 0 Å². The minimum absolute atomic E-state index is 0.180. The van der Waals surface area contributed by atoms with Gasteiger partial charge >= 0.3 is 0 Å². The molecular weight excluding hydrogens is 530 g/mol. The molecule has 0 atom stereocenters. The Morgan fingerprint density at radius 2 is 1.41 bits per heavy atom. The van der Waals surface area contributed by atoms with Crippen molar-refractivity contribution >= 4 is 40.0 Å². The third-order valence-corrected chi connectivity index (χ3v) is 6.68. The quantitative estimate of drug-likeness (QED) is 0.195. The van der Waals surface area contributed by atoms with Crippen molar-refractivity contribution in [1.82, 2.24) is 10.3 Å². The molecule has 0 saturated carbocycles. The number of benzene rings is 5. The zero-order valence-corrected chi connectivity index (χ0v) is 22.7. The molecule has 200 valence electrons. The van der Waals surface area contributed by atoms with Gasteiger partial charge in [-0.25, -0.2) is 4.98 Å². The van der Waals surface area contributed by atoms with Crippen molar-refractivity contribution < 1.29 is 13.9 Å². The van der Waals surface area contributed by atoms with Crippen molar-refractivity contribution in [3.63, 3.8) is 0 Å². The Labute approximate surface area is 242 Å². The van der Waals surface area contributed by atoms with Gasteiger partial charge < -0.3 is 14.5 Å². The number of nitrogens with one attached hydrogen (secondary N) is 2. The molecule has 5 aromatic carbocycles. The maximum atomic E-state index is 12.7. The Morgan fingerprint density at radius 1 is 0.756 bits per heavy atom. The minimum Gasteiger partial charge on any atom is -0.489 e. The number of hydrogen-bond donors (Lipinski definition) is 2. The number of rotatable bonds is 7. The Hall–Kier alpha value is -5.27. The molecule has 0 saturated heterocycles. The van der Waals surface area contributed by atoms with Gasteiger partial charge in [0.15, 0.2) is 10.7 Å². The molecule has 1 amide bonds. The number of amides is 1. The number of thiocarbonyl (C=S) groups is 1. The number of hydrogen-bond acceptors (Lipinski definition) is 5. The number of anilines is 1. The first-order chi connectivity index (χ1) is 20.1. The Kier molecular flexibility index (Phi) is 7.51. The lowest BCUT2D eigenvalue weighted by Gasteiger charge is -2.10. The normalized spacial score (nSPS) is 10.7. The first-order valence-corrected chi connectivity index (χ1v) is 13.5. The van der Waals surface area contributed by atoms with Crippen LogP contribution < -0.4 is 15.4 Å². The van der Waals surface area contributed by atoms with E-state index < -0.39 is 0 Å². The topological polar surface area (TPSA) is 76.4 Å². The maximum Gasteiger partial charge on any atom is 0.257 e. The molecule has 0 unspecified atom stereocenters. The average Bonchev–Trinajstić information content (AvgIpc) is 3.45. The Balaban J connectivity index is 1.06. The second-order valence-corrected chi connectivity index (χ2v) is 9.76. The highest BCUT2D eigenvalue weighted by atomic mass is 32.1. The van der Waals surface area contributed by atoms with Crippen molar-refractivity contribution in [3.05, 3.63) is 139 Å². The van der Waals surface area contributed by atoms with Gasteiger partial charge in [-0.2, -0.15) is 0 Å². The average molecular weight is 556 g/mol. The van der Waals surface area contributed by atoms with Crippen LogP contribution in [0.5, 0.6) is 5.75 Å².